The highest BCUT2D eigenvalue weighted by atomic mass is 19.1. The van der Waals surface area contributed by atoms with Crippen LogP contribution in [0.5, 0.6) is 0 Å². The lowest BCUT2D eigenvalue weighted by atomic mass is 10.2. The number of rotatable bonds is 4. The van der Waals surface area contributed by atoms with Crippen molar-refractivity contribution in [3.8, 4) is 0 Å². The molecule has 0 saturated carbocycles. The van der Waals surface area contributed by atoms with Gasteiger partial charge in [0.15, 0.2) is 0 Å². The first-order valence-corrected chi connectivity index (χ1v) is 6.93. The summed E-state index contributed by atoms with van der Waals surface area (Å²) in [5.74, 6) is -0.321. The van der Waals surface area contributed by atoms with Crippen molar-refractivity contribution in [2.45, 2.75) is 26.4 Å². The Labute approximate surface area is 124 Å². The summed E-state index contributed by atoms with van der Waals surface area (Å²) >= 11 is 0. The second-order valence-electron chi connectivity index (χ2n) is 5.14. The Balaban J connectivity index is 2.07. The highest BCUT2D eigenvalue weighted by molar-refractivity contribution is 5.89. The van der Waals surface area contributed by atoms with Crippen LogP contribution in [0.25, 0.3) is 0 Å². The SMILES string of the molecule is CC(C)N(Cc1ccccc1)C(=O)Nc1ccc(F)cc1. The van der Waals surface area contributed by atoms with Gasteiger partial charge in [-0.1, -0.05) is 30.3 Å². The monoisotopic (exact) mass is 286 g/mol. The van der Waals surface area contributed by atoms with Gasteiger partial charge in [-0.2, -0.15) is 0 Å². The molecule has 0 aromatic heterocycles. The molecule has 0 spiro atoms. The van der Waals surface area contributed by atoms with Crippen LogP contribution in [0.4, 0.5) is 14.9 Å². The Bertz CT molecular complexity index is 581. The Morgan fingerprint density at radius 3 is 2.29 bits per heavy atom. The maximum atomic E-state index is 12.9. The van der Waals surface area contributed by atoms with Crippen LogP contribution in [0.15, 0.2) is 54.6 Å². The maximum Gasteiger partial charge on any atom is 0.322 e. The second kappa shape index (κ2) is 6.88. The summed E-state index contributed by atoms with van der Waals surface area (Å²) in [4.78, 5) is 14.1. The van der Waals surface area contributed by atoms with E-state index < -0.39 is 0 Å². The summed E-state index contributed by atoms with van der Waals surface area (Å²) in [6.45, 7) is 4.46. The van der Waals surface area contributed by atoms with E-state index in [0.717, 1.165) is 5.56 Å². The molecular weight excluding hydrogens is 267 g/mol. The van der Waals surface area contributed by atoms with Crippen molar-refractivity contribution in [2.24, 2.45) is 0 Å². The van der Waals surface area contributed by atoms with Gasteiger partial charge in [0.25, 0.3) is 0 Å². The van der Waals surface area contributed by atoms with Crippen LogP contribution in [-0.4, -0.2) is 17.0 Å². The lowest BCUT2D eigenvalue weighted by molar-refractivity contribution is 0.193. The molecule has 0 aliphatic carbocycles. The first-order chi connectivity index (χ1) is 10.1. The summed E-state index contributed by atoms with van der Waals surface area (Å²) in [6, 6.07) is 15.4. The zero-order valence-corrected chi connectivity index (χ0v) is 12.2. The van der Waals surface area contributed by atoms with Gasteiger partial charge in [0, 0.05) is 18.3 Å². The predicted octanol–water partition coefficient (Wildman–Crippen LogP) is 4.27. The van der Waals surface area contributed by atoms with Crippen LogP contribution in [0.2, 0.25) is 0 Å². The van der Waals surface area contributed by atoms with E-state index in [1.165, 1.54) is 12.1 Å². The third-order valence-electron chi connectivity index (χ3n) is 3.18. The first kappa shape index (κ1) is 15.0. The lowest BCUT2D eigenvalue weighted by Gasteiger charge is -2.27. The normalized spacial score (nSPS) is 10.5. The summed E-state index contributed by atoms with van der Waals surface area (Å²) < 4.78 is 12.9. The molecule has 0 radical (unpaired) electrons. The molecule has 0 unspecified atom stereocenters. The van der Waals surface area contributed by atoms with Gasteiger partial charge in [0.1, 0.15) is 5.82 Å². The van der Waals surface area contributed by atoms with E-state index >= 15 is 0 Å². The molecule has 2 rings (SSSR count). The number of hydrogen-bond acceptors (Lipinski definition) is 1. The Hall–Kier alpha value is -2.36. The number of nitrogens with zero attached hydrogens (tertiary/aromatic N) is 1. The number of halogens is 1. The molecule has 4 heteroatoms. The van der Waals surface area contributed by atoms with Crippen LogP contribution >= 0.6 is 0 Å². The molecule has 0 bridgehead atoms. The van der Waals surface area contributed by atoms with Crippen LogP contribution in [0, 0.1) is 5.82 Å². The van der Waals surface area contributed by atoms with Crippen molar-refractivity contribution < 1.29 is 9.18 Å². The number of carbonyl (C=O) groups is 1. The largest absolute Gasteiger partial charge is 0.322 e. The van der Waals surface area contributed by atoms with Crippen molar-refractivity contribution in [1.82, 2.24) is 4.90 Å². The fourth-order valence-corrected chi connectivity index (χ4v) is 2.00. The first-order valence-electron chi connectivity index (χ1n) is 6.93. The molecule has 2 aromatic carbocycles. The summed E-state index contributed by atoms with van der Waals surface area (Å²) in [5.41, 5.74) is 1.65. The molecule has 0 fully saturated rings. The highest BCUT2D eigenvalue weighted by Crippen LogP contribution is 2.13. The van der Waals surface area contributed by atoms with Crippen molar-refractivity contribution in [3.05, 3.63) is 66.0 Å². The lowest BCUT2D eigenvalue weighted by Crippen LogP contribution is -2.39. The molecule has 3 nitrogen and oxygen atoms in total. The van der Waals surface area contributed by atoms with Gasteiger partial charge in [-0.05, 0) is 43.7 Å². The van der Waals surface area contributed by atoms with E-state index in [1.807, 2.05) is 44.2 Å². The van der Waals surface area contributed by atoms with E-state index in [1.54, 1.807) is 17.0 Å². The van der Waals surface area contributed by atoms with Crippen LogP contribution in [-0.2, 0) is 6.54 Å². The minimum absolute atomic E-state index is 0.0608. The molecule has 2 amide bonds. The predicted molar refractivity (Wildman–Crippen MR) is 82.5 cm³/mol. The van der Waals surface area contributed by atoms with Crippen molar-refractivity contribution in [2.75, 3.05) is 5.32 Å². The number of carbonyl (C=O) groups excluding carboxylic acids is 1. The van der Waals surface area contributed by atoms with E-state index in [-0.39, 0.29) is 17.9 Å². The van der Waals surface area contributed by atoms with Gasteiger partial charge in [0.2, 0.25) is 0 Å². The van der Waals surface area contributed by atoms with E-state index in [4.69, 9.17) is 0 Å². The van der Waals surface area contributed by atoms with Crippen molar-refractivity contribution >= 4 is 11.7 Å². The van der Waals surface area contributed by atoms with Gasteiger partial charge in [0.05, 0.1) is 0 Å². The zero-order valence-electron chi connectivity index (χ0n) is 12.2. The maximum absolute atomic E-state index is 12.9. The Kier molecular flexibility index (Phi) is 4.93. The van der Waals surface area contributed by atoms with E-state index in [0.29, 0.717) is 12.2 Å². The molecular formula is C17H19FN2O. The number of urea groups is 1. The van der Waals surface area contributed by atoms with Crippen molar-refractivity contribution in [3.63, 3.8) is 0 Å². The molecule has 0 saturated heterocycles. The third kappa shape index (κ3) is 4.31. The molecule has 110 valence electrons. The number of benzene rings is 2. The molecule has 0 heterocycles. The van der Waals surface area contributed by atoms with Gasteiger partial charge in [-0.15, -0.1) is 0 Å². The average Bonchev–Trinajstić information content (AvgIpc) is 2.48. The third-order valence-corrected chi connectivity index (χ3v) is 3.18. The average molecular weight is 286 g/mol. The highest BCUT2D eigenvalue weighted by Gasteiger charge is 2.17. The molecule has 0 atom stereocenters. The quantitative estimate of drug-likeness (QED) is 0.894. The minimum atomic E-state index is -0.321. The van der Waals surface area contributed by atoms with E-state index in [2.05, 4.69) is 5.32 Å². The summed E-state index contributed by atoms with van der Waals surface area (Å²) in [6.07, 6.45) is 0. The minimum Gasteiger partial charge on any atom is -0.318 e. The molecule has 2 aromatic rings. The molecule has 21 heavy (non-hydrogen) atoms. The smallest absolute Gasteiger partial charge is 0.318 e. The van der Waals surface area contributed by atoms with Crippen molar-refractivity contribution in [1.29, 1.82) is 0 Å². The topological polar surface area (TPSA) is 32.3 Å². The fourth-order valence-electron chi connectivity index (χ4n) is 2.00. The fraction of sp³-hybridized carbons (Fsp3) is 0.235. The van der Waals surface area contributed by atoms with Crippen LogP contribution in [0.3, 0.4) is 0 Å². The van der Waals surface area contributed by atoms with Crippen LogP contribution < -0.4 is 5.32 Å². The van der Waals surface area contributed by atoms with E-state index in [9.17, 15) is 9.18 Å². The van der Waals surface area contributed by atoms with Crippen LogP contribution in [0.1, 0.15) is 19.4 Å². The number of hydrogen-bond donors (Lipinski definition) is 1. The number of anilines is 1. The van der Waals surface area contributed by atoms with Gasteiger partial charge in [-0.3, -0.25) is 0 Å². The van der Waals surface area contributed by atoms with Gasteiger partial charge in [-0.25, -0.2) is 9.18 Å². The van der Waals surface area contributed by atoms with Gasteiger partial charge >= 0.3 is 6.03 Å². The summed E-state index contributed by atoms with van der Waals surface area (Å²) in [7, 11) is 0. The van der Waals surface area contributed by atoms with Gasteiger partial charge < -0.3 is 10.2 Å². The Morgan fingerprint density at radius 1 is 1.10 bits per heavy atom. The second-order valence-corrected chi connectivity index (χ2v) is 5.14. The molecule has 0 aliphatic rings. The standard InChI is InChI=1S/C17H19FN2O/c1-13(2)20(12-14-6-4-3-5-7-14)17(21)19-16-10-8-15(18)9-11-16/h3-11,13H,12H2,1-2H3,(H,19,21). The number of amides is 2. The molecule has 1 N–H and O–H groups in total. The summed E-state index contributed by atoms with van der Waals surface area (Å²) in [5, 5.41) is 2.79. The molecule has 0 aliphatic heterocycles. The number of nitrogens with one attached hydrogen (secondary N) is 1. The Morgan fingerprint density at radius 2 is 1.71 bits per heavy atom. The zero-order chi connectivity index (χ0) is 15.2.